The van der Waals surface area contributed by atoms with Crippen LogP contribution in [0.5, 0.6) is 5.75 Å². The highest BCUT2D eigenvalue weighted by Crippen LogP contribution is 2.26. The number of aromatic nitrogens is 2. The number of nitriles is 1. The van der Waals surface area contributed by atoms with Gasteiger partial charge in [0.05, 0.1) is 17.3 Å². The molecule has 0 unspecified atom stereocenters. The van der Waals surface area contributed by atoms with E-state index in [1.165, 1.54) is 15.7 Å². The number of rotatable bonds is 3. The molecule has 4 aromatic rings. The topological polar surface area (TPSA) is 79.4 Å². The highest BCUT2D eigenvalue weighted by Gasteiger charge is 2.16. The van der Waals surface area contributed by atoms with Crippen LogP contribution in [0.4, 0.5) is 11.5 Å². The molecule has 0 saturated heterocycles. The molecule has 0 aliphatic heterocycles. The molecule has 2 aromatic heterocycles. The average Bonchev–Trinajstić information content (AvgIpc) is 3.01. The third kappa shape index (κ3) is 2.49. The number of hydrogen-bond acceptors (Lipinski definition) is 6. The highest BCUT2D eigenvalue weighted by atomic mass is 32.1. The number of benzene rings is 2. The van der Waals surface area contributed by atoms with Crippen molar-refractivity contribution in [1.29, 1.82) is 5.26 Å². The molecule has 0 aliphatic carbocycles. The lowest BCUT2D eigenvalue weighted by atomic mass is 10.2. The molecule has 122 valence electrons. The van der Waals surface area contributed by atoms with Crippen LogP contribution in [0.15, 0.2) is 53.3 Å². The first-order valence-corrected chi connectivity index (χ1v) is 8.28. The number of hydrogen-bond donors (Lipinski definition) is 1. The van der Waals surface area contributed by atoms with E-state index in [-0.39, 0.29) is 16.9 Å². The van der Waals surface area contributed by atoms with Gasteiger partial charge in [-0.05, 0) is 36.4 Å². The van der Waals surface area contributed by atoms with Crippen LogP contribution in [-0.4, -0.2) is 16.5 Å². The summed E-state index contributed by atoms with van der Waals surface area (Å²) in [6.45, 7) is 0. The summed E-state index contributed by atoms with van der Waals surface area (Å²) in [5, 5.41) is 12.5. The predicted molar refractivity (Wildman–Crippen MR) is 97.8 cm³/mol. The van der Waals surface area contributed by atoms with Crippen molar-refractivity contribution in [2.45, 2.75) is 0 Å². The van der Waals surface area contributed by atoms with Crippen LogP contribution in [0.25, 0.3) is 15.2 Å². The molecule has 2 heterocycles. The predicted octanol–water partition coefficient (Wildman–Crippen LogP) is 3.53. The summed E-state index contributed by atoms with van der Waals surface area (Å²) in [5.74, 6) is 0.975. The summed E-state index contributed by atoms with van der Waals surface area (Å²) in [5.41, 5.74) is 1.08. The van der Waals surface area contributed by atoms with Gasteiger partial charge in [-0.15, -0.1) is 0 Å². The molecule has 25 heavy (non-hydrogen) atoms. The number of methoxy groups -OCH3 is 1. The van der Waals surface area contributed by atoms with Crippen LogP contribution in [0.3, 0.4) is 0 Å². The van der Waals surface area contributed by atoms with Gasteiger partial charge in [0, 0.05) is 5.69 Å². The van der Waals surface area contributed by atoms with Crippen molar-refractivity contribution in [2.75, 3.05) is 12.4 Å². The minimum absolute atomic E-state index is 0.0168. The zero-order valence-electron chi connectivity index (χ0n) is 13.2. The van der Waals surface area contributed by atoms with Gasteiger partial charge in [-0.3, -0.25) is 4.79 Å². The lowest BCUT2D eigenvalue weighted by molar-refractivity contribution is 0.415. The Morgan fingerprint density at radius 1 is 1.20 bits per heavy atom. The van der Waals surface area contributed by atoms with Gasteiger partial charge in [0.2, 0.25) is 0 Å². The number of nitrogens with zero attached hydrogens (tertiary/aromatic N) is 3. The number of anilines is 2. The number of fused-ring (bicyclic) bond motifs is 3. The molecular formula is C18H12N4O2S. The van der Waals surface area contributed by atoms with Gasteiger partial charge >= 0.3 is 0 Å². The zero-order valence-corrected chi connectivity index (χ0v) is 14.0. The fourth-order valence-corrected chi connectivity index (χ4v) is 3.63. The van der Waals surface area contributed by atoms with E-state index >= 15 is 0 Å². The lowest BCUT2D eigenvalue weighted by Gasteiger charge is -2.08. The summed E-state index contributed by atoms with van der Waals surface area (Å²) in [4.78, 5) is 17.8. The summed E-state index contributed by atoms with van der Waals surface area (Å²) in [7, 11) is 1.59. The molecule has 0 saturated carbocycles. The van der Waals surface area contributed by atoms with Gasteiger partial charge in [0.1, 0.15) is 11.8 Å². The summed E-state index contributed by atoms with van der Waals surface area (Å²) in [6, 6.07) is 16.7. The SMILES string of the molecule is COc1ccc(Nc2nc3sc4ccccc4n3c(=O)c2C#N)cc1. The first-order valence-electron chi connectivity index (χ1n) is 7.47. The second kappa shape index (κ2) is 5.92. The molecule has 0 bridgehead atoms. The maximum atomic E-state index is 12.8. The summed E-state index contributed by atoms with van der Waals surface area (Å²) in [6.07, 6.45) is 0. The second-order valence-electron chi connectivity index (χ2n) is 5.29. The molecule has 1 N–H and O–H groups in total. The molecule has 0 fully saturated rings. The molecule has 0 aliphatic rings. The van der Waals surface area contributed by atoms with Gasteiger partial charge in [-0.2, -0.15) is 5.26 Å². The fourth-order valence-electron chi connectivity index (χ4n) is 2.61. The van der Waals surface area contributed by atoms with Crippen molar-refractivity contribution < 1.29 is 4.74 Å². The van der Waals surface area contributed by atoms with E-state index in [1.54, 1.807) is 31.4 Å². The molecule has 4 rings (SSSR count). The number of para-hydroxylation sites is 1. The molecule has 0 spiro atoms. The van der Waals surface area contributed by atoms with E-state index in [9.17, 15) is 10.1 Å². The molecule has 0 amide bonds. The van der Waals surface area contributed by atoms with Crippen LogP contribution in [0, 0.1) is 11.3 Å². The fraction of sp³-hybridized carbons (Fsp3) is 0.0556. The second-order valence-corrected chi connectivity index (χ2v) is 6.30. The van der Waals surface area contributed by atoms with Crippen molar-refractivity contribution in [1.82, 2.24) is 9.38 Å². The van der Waals surface area contributed by atoms with Gasteiger partial charge < -0.3 is 10.1 Å². The Balaban J connectivity index is 1.90. The third-order valence-corrected chi connectivity index (χ3v) is 4.85. The van der Waals surface area contributed by atoms with Crippen molar-refractivity contribution in [3.63, 3.8) is 0 Å². The highest BCUT2D eigenvalue weighted by molar-refractivity contribution is 7.23. The van der Waals surface area contributed by atoms with Gasteiger partial charge in [-0.1, -0.05) is 23.5 Å². The average molecular weight is 348 g/mol. The molecule has 0 atom stereocenters. The Morgan fingerprint density at radius 3 is 2.68 bits per heavy atom. The van der Waals surface area contributed by atoms with E-state index < -0.39 is 0 Å². The zero-order chi connectivity index (χ0) is 17.4. The van der Waals surface area contributed by atoms with Crippen LogP contribution in [-0.2, 0) is 0 Å². The number of nitrogens with one attached hydrogen (secondary N) is 1. The Bertz CT molecular complexity index is 1190. The number of thiazole rings is 1. The van der Waals surface area contributed by atoms with Gasteiger partial charge in [-0.25, -0.2) is 9.38 Å². The Hall–Kier alpha value is -3.37. The summed E-state index contributed by atoms with van der Waals surface area (Å²) >= 11 is 1.41. The molecule has 7 heteroatoms. The molecule has 2 aromatic carbocycles. The number of ether oxygens (including phenoxy) is 1. The maximum absolute atomic E-state index is 12.8. The van der Waals surface area contributed by atoms with Gasteiger partial charge in [0.15, 0.2) is 16.3 Å². The normalized spacial score (nSPS) is 10.7. The Morgan fingerprint density at radius 2 is 1.96 bits per heavy atom. The monoisotopic (exact) mass is 348 g/mol. The van der Waals surface area contributed by atoms with Crippen LogP contribution in [0.1, 0.15) is 5.56 Å². The minimum Gasteiger partial charge on any atom is -0.497 e. The van der Waals surface area contributed by atoms with Gasteiger partial charge in [0.25, 0.3) is 5.56 Å². The first-order chi connectivity index (χ1) is 12.2. The van der Waals surface area contributed by atoms with E-state index in [1.807, 2.05) is 30.3 Å². The molecule has 0 radical (unpaired) electrons. The van der Waals surface area contributed by atoms with Crippen molar-refractivity contribution in [2.24, 2.45) is 0 Å². The van der Waals surface area contributed by atoms with Crippen LogP contribution < -0.4 is 15.6 Å². The van der Waals surface area contributed by atoms with Crippen LogP contribution in [0.2, 0.25) is 0 Å². The molecular weight excluding hydrogens is 336 g/mol. The van der Waals surface area contributed by atoms with Crippen LogP contribution >= 0.6 is 11.3 Å². The standard InChI is InChI=1S/C18H12N4O2S/c1-24-12-8-6-11(7-9-12)20-16-13(10-19)17(23)22-14-4-2-3-5-15(14)25-18(22)21-16/h2-9,20H,1H3. The van der Waals surface area contributed by atoms with E-state index in [0.29, 0.717) is 4.96 Å². The van der Waals surface area contributed by atoms with Crippen molar-refractivity contribution in [3.8, 4) is 11.8 Å². The first kappa shape index (κ1) is 15.2. The van der Waals surface area contributed by atoms with Crippen molar-refractivity contribution >= 4 is 38.0 Å². The van der Waals surface area contributed by atoms with E-state index in [0.717, 1.165) is 21.7 Å². The maximum Gasteiger partial charge on any atom is 0.279 e. The van der Waals surface area contributed by atoms with Crippen molar-refractivity contribution in [3.05, 3.63) is 64.4 Å². The Labute approximate surface area is 146 Å². The summed E-state index contributed by atoms with van der Waals surface area (Å²) < 4.78 is 7.55. The van der Waals surface area contributed by atoms with E-state index in [2.05, 4.69) is 10.3 Å². The molecule has 6 nitrogen and oxygen atoms in total. The largest absolute Gasteiger partial charge is 0.497 e. The Kier molecular flexibility index (Phi) is 3.60. The quantitative estimate of drug-likeness (QED) is 0.613. The minimum atomic E-state index is -0.374. The smallest absolute Gasteiger partial charge is 0.279 e. The van der Waals surface area contributed by atoms with E-state index in [4.69, 9.17) is 4.74 Å². The third-order valence-electron chi connectivity index (χ3n) is 3.82. The lowest BCUT2D eigenvalue weighted by Crippen LogP contribution is -2.19.